The standard InChI is InChI=1S/C31H30ClNO5/c1-4-5-16-37-23-12-8-21(9-13-23)28-27-29(34)24-18-25(32)19(2)17-26(24)38-30(27)31(35)33(28)15-14-20-6-10-22(36-3)11-7-20/h6-13,17-18,28H,4-5,14-16H2,1-3H3. The molecule has 0 spiro atoms. The van der Waals surface area contributed by atoms with Gasteiger partial charge in [0.05, 0.1) is 30.7 Å². The smallest absolute Gasteiger partial charge is 0.290 e. The number of ether oxygens (including phenoxy) is 2. The molecule has 1 amide bonds. The van der Waals surface area contributed by atoms with Gasteiger partial charge in [0, 0.05) is 11.6 Å². The van der Waals surface area contributed by atoms with Crippen molar-refractivity contribution in [2.45, 2.75) is 39.2 Å². The van der Waals surface area contributed by atoms with Crippen LogP contribution < -0.4 is 14.9 Å². The molecule has 7 heteroatoms. The first-order chi connectivity index (χ1) is 18.4. The molecule has 1 aliphatic heterocycles. The molecule has 6 nitrogen and oxygen atoms in total. The molecular weight excluding hydrogens is 502 g/mol. The molecule has 0 N–H and O–H groups in total. The fraction of sp³-hybridized carbons (Fsp3) is 0.290. The average molecular weight is 532 g/mol. The van der Waals surface area contributed by atoms with Crippen molar-refractivity contribution < 1.29 is 18.7 Å². The van der Waals surface area contributed by atoms with Crippen LogP contribution in [0.25, 0.3) is 11.0 Å². The number of unbranched alkanes of at least 4 members (excludes halogenated alkanes) is 1. The number of carbonyl (C=O) groups excluding carboxylic acids is 1. The van der Waals surface area contributed by atoms with Crippen LogP contribution >= 0.6 is 11.6 Å². The SMILES string of the molecule is CCCCOc1ccc(C2c3c(oc4cc(C)c(Cl)cc4c3=O)C(=O)N2CCc2ccc(OC)cc2)cc1. The zero-order valence-corrected chi connectivity index (χ0v) is 22.5. The van der Waals surface area contributed by atoms with Crippen molar-refractivity contribution in [3.05, 3.63) is 104 Å². The Morgan fingerprint density at radius 3 is 2.39 bits per heavy atom. The highest BCUT2D eigenvalue weighted by molar-refractivity contribution is 6.32. The number of benzene rings is 3. The first-order valence-electron chi connectivity index (χ1n) is 12.8. The molecule has 0 saturated carbocycles. The monoisotopic (exact) mass is 531 g/mol. The van der Waals surface area contributed by atoms with E-state index in [2.05, 4.69) is 6.92 Å². The van der Waals surface area contributed by atoms with Crippen LogP contribution in [0.15, 0.2) is 69.9 Å². The second kappa shape index (κ2) is 10.9. The van der Waals surface area contributed by atoms with Crippen LogP contribution in [0.2, 0.25) is 5.02 Å². The summed E-state index contributed by atoms with van der Waals surface area (Å²) in [5.74, 6) is 1.32. The van der Waals surface area contributed by atoms with Gasteiger partial charge >= 0.3 is 0 Å². The third-order valence-electron chi connectivity index (χ3n) is 7.01. The minimum atomic E-state index is -0.582. The van der Waals surface area contributed by atoms with Crippen LogP contribution in [0, 0.1) is 6.92 Å². The van der Waals surface area contributed by atoms with Crippen LogP contribution in [0.3, 0.4) is 0 Å². The lowest BCUT2D eigenvalue weighted by atomic mass is 9.98. The lowest BCUT2D eigenvalue weighted by Gasteiger charge is -2.25. The van der Waals surface area contributed by atoms with E-state index in [-0.39, 0.29) is 17.1 Å². The number of carbonyl (C=O) groups is 1. The Hall–Kier alpha value is -3.77. The number of amides is 1. The predicted octanol–water partition coefficient (Wildman–Crippen LogP) is 6.73. The van der Waals surface area contributed by atoms with Gasteiger partial charge in [0.15, 0.2) is 5.43 Å². The molecular formula is C31H30ClNO5. The summed E-state index contributed by atoms with van der Waals surface area (Å²) in [6, 6.07) is 18.1. The molecule has 38 heavy (non-hydrogen) atoms. The maximum absolute atomic E-state index is 13.8. The lowest BCUT2D eigenvalue weighted by molar-refractivity contribution is 0.0730. The van der Waals surface area contributed by atoms with Gasteiger partial charge < -0.3 is 18.8 Å². The molecule has 3 aromatic carbocycles. The van der Waals surface area contributed by atoms with E-state index in [1.54, 1.807) is 24.1 Å². The van der Waals surface area contributed by atoms with Crippen LogP contribution in [0.1, 0.15) is 58.6 Å². The number of aryl methyl sites for hydroxylation is 1. The topological polar surface area (TPSA) is 69.0 Å². The van der Waals surface area contributed by atoms with Crippen molar-refractivity contribution in [2.75, 3.05) is 20.3 Å². The summed E-state index contributed by atoms with van der Waals surface area (Å²) >= 11 is 6.35. The van der Waals surface area contributed by atoms with E-state index in [9.17, 15) is 9.59 Å². The summed E-state index contributed by atoms with van der Waals surface area (Å²) in [5.41, 5.74) is 3.12. The van der Waals surface area contributed by atoms with E-state index in [0.29, 0.717) is 41.1 Å². The first kappa shape index (κ1) is 25.9. The van der Waals surface area contributed by atoms with Gasteiger partial charge in [-0.3, -0.25) is 9.59 Å². The highest BCUT2D eigenvalue weighted by atomic mass is 35.5. The Morgan fingerprint density at radius 1 is 1.00 bits per heavy atom. The van der Waals surface area contributed by atoms with Crippen molar-refractivity contribution in [2.24, 2.45) is 0 Å². The van der Waals surface area contributed by atoms with Gasteiger partial charge in [-0.2, -0.15) is 0 Å². The summed E-state index contributed by atoms with van der Waals surface area (Å²) in [4.78, 5) is 29.2. The second-order valence-corrected chi connectivity index (χ2v) is 9.95. The summed E-state index contributed by atoms with van der Waals surface area (Å²) in [6.45, 7) is 5.00. The van der Waals surface area contributed by atoms with E-state index in [1.807, 2.05) is 55.5 Å². The second-order valence-electron chi connectivity index (χ2n) is 9.54. The molecule has 2 heterocycles. The fourth-order valence-corrected chi connectivity index (χ4v) is 5.00. The zero-order chi connectivity index (χ0) is 26.8. The van der Waals surface area contributed by atoms with E-state index in [0.717, 1.165) is 41.0 Å². The van der Waals surface area contributed by atoms with Gasteiger partial charge in [0.1, 0.15) is 17.1 Å². The van der Waals surface area contributed by atoms with Gasteiger partial charge in [-0.25, -0.2) is 0 Å². The number of methoxy groups -OCH3 is 1. The zero-order valence-electron chi connectivity index (χ0n) is 21.8. The molecule has 1 unspecified atom stereocenters. The quantitative estimate of drug-likeness (QED) is 0.224. The largest absolute Gasteiger partial charge is 0.497 e. The van der Waals surface area contributed by atoms with Gasteiger partial charge in [-0.1, -0.05) is 49.2 Å². The first-order valence-corrected chi connectivity index (χ1v) is 13.2. The van der Waals surface area contributed by atoms with Crippen molar-refractivity contribution in [3.63, 3.8) is 0 Å². The highest BCUT2D eigenvalue weighted by Crippen LogP contribution is 2.39. The number of halogens is 1. The third kappa shape index (κ3) is 4.88. The van der Waals surface area contributed by atoms with Gasteiger partial charge in [0.2, 0.25) is 5.76 Å². The molecule has 0 radical (unpaired) electrons. The van der Waals surface area contributed by atoms with Gasteiger partial charge in [0.25, 0.3) is 5.91 Å². The molecule has 1 aliphatic rings. The molecule has 0 bridgehead atoms. The van der Waals surface area contributed by atoms with Crippen molar-refractivity contribution in [1.29, 1.82) is 0 Å². The number of nitrogens with zero attached hydrogens (tertiary/aromatic N) is 1. The Kier molecular flexibility index (Phi) is 7.43. The van der Waals surface area contributed by atoms with Crippen LogP contribution in [0.4, 0.5) is 0 Å². The number of fused-ring (bicyclic) bond motifs is 2. The molecule has 0 fully saturated rings. The molecule has 196 valence electrons. The normalized spacial score (nSPS) is 14.7. The van der Waals surface area contributed by atoms with E-state index < -0.39 is 6.04 Å². The maximum Gasteiger partial charge on any atom is 0.290 e. The summed E-state index contributed by atoms with van der Waals surface area (Å²) in [7, 11) is 1.63. The summed E-state index contributed by atoms with van der Waals surface area (Å²) < 4.78 is 17.2. The highest BCUT2D eigenvalue weighted by Gasteiger charge is 2.42. The number of hydrogen-bond acceptors (Lipinski definition) is 5. The van der Waals surface area contributed by atoms with Crippen molar-refractivity contribution >= 4 is 28.5 Å². The van der Waals surface area contributed by atoms with E-state index in [4.69, 9.17) is 25.5 Å². The maximum atomic E-state index is 13.8. The Bertz CT molecular complexity index is 1530. The average Bonchev–Trinajstić information content (AvgIpc) is 3.21. The van der Waals surface area contributed by atoms with E-state index in [1.165, 1.54) is 0 Å². The van der Waals surface area contributed by atoms with Gasteiger partial charge in [-0.15, -0.1) is 0 Å². The van der Waals surface area contributed by atoms with Crippen molar-refractivity contribution in [3.8, 4) is 11.5 Å². The third-order valence-corrected chi connectivity index (χ3v) is 7.42. The fourth-order valence-electron chi connectivity index (χ4n) is 4.84. The molecule has 5 rings (SSSR count). The Morgan fingerprint density at radius 2 is 1.71 bits per heavy atom. The molecule has 0 saturated heterocycles. The van der Waals surface area contributed by atoms with Gasteiger partial charge in [-0.05, 0) is 72.9 Å². The molecule has 0 aliphatic carbocycles. The number of rotatable bonds is 9. The van der Waals surface area contributed by atoms with Crippen LogP contribution in [-0.2, 0) is 6.42 Å². The minimum Gasteiger partial charge on any atom is -0.497 e. The van der Waals surface area contributed by atoms with Crippen molar-refractivity contribution in [1.82, 2.24) is 4.90 Å². The van der Waals surface area contributed by atoms with Crippen LogP contribution in [0.5, 0.6) is 11.5 Å². The lowest BCUT2D eigenvalue weighted by Crippen LogP contribution is -2.31. The number of hydrogen-bond donors (Lipinski definition) is 0. The Labute approximate surface area is 226 Å². The van der Waals surface area contributed by atoms with Crippen LogP contribution in [-0.4, -0.2) is 31.1 Å². The summed E-state index contributed by atoms with van der Waals surface area (Å²) in [5, 5.41) is 0.851. The minimum absolute atomic E-state index is 0.0900. The molecule has 1 atom stereocenters. The molecule has 1 aromatic heterocycles. The molecule has 4 aromatic rings. The predicted molar refractivity (Wildman–Crippen MR) is 149 cm³/mol. The summed E-state index contributed by atoms with van der Waals surface area (Å²) in [6.07, 6.45) is 2.63. The van der Waals surface area contributed by atoms with E-state index >= 15 is 0 Å². The Balaban J connectivity index is 1.55.